The molecule has 0 amide bonds. The molecule has 0 unspecified atom stereocenters. The minimum Gasteiger partial charge on any atom is -0.381 e. The molecule has 0 saturated carbocycles. The van der Waals surface area contributed by atoms with Gasteiger partial charge in [-0.05, 0) is 34.4 Å². The van der Waals surface area contributed by atoms with Crippen LogP contribution in [0.5, 0.6) is 0 Å². The number of carbonyl (C=O) groups is 1. The zero-order chi connectivity index (χ0) is 28.6. The predicted molar refractivity (Wildman–Crippen MR) is 170 cm³/mol. The fourth-order valence-electron chi connectivity index (χ4n) is 5.67. The molecule has 1 aliphatic carbocycles. The van der Waals surface area contributed by atoms with E-state index in [1.165, 1.54) is 0 Å². The highest BCUT2D eigenvalue weighted by Crippen LogP contribution is 2.39. The van der Waals surface area contributed by atoms with Crippen LogP contribution in [0.25, 0.3) is 0 Å². The Labute approximate surface area is 247 Å². The van der Waals surface area contributed by atoms with Crippen molar-refractivity contribution in [2.75, 3.05) is 0 Å². The highest BCUT2D eigenvalue weighted by atomic mass is 16.1. The summed E-state index contributed by atoms with van der Waals surface area (Å²) in [5.74, 6) is -0.459. The summed E-state index contributed by atoms with van der Waals surface area (Å²) in [4.78, 5) is 19.2. The van der Waals surface area contributed by atoms with Crippen LogP contribution < -0.4 is 5.32 Å². The number of rotatable bonds is 10. The van der Waals surface area contributed by atoms with Crippen molar-refractivity contribution in [3.8, 4) is 0 Å². The van der Waals surface area contributed by atoms with Crippen LogP contribution >= 0.6 is 0 Å². The summed E-state index contributed by atoms with van der Waals surface area (Å²) in [5.41, 5.74) is 7.77. The topological polar surface area (TPSA) is 42.0 Å². The van der Waals surface area contributed by atoms with Crippen LogP contribution in [0.2, 0.25) is 0 Å². The molecular formula is C39H32N2O. The summed E-state index contributed by atoms with van der Waals surface area (Å²) in [6.45, 7) is 0.534. The van der Waals surface area contributed by atoms with E-state index in [4.69, 9.17) is 0 Å². The number of hydrogen-bond donors (Lipinski definition) is 1. The molecule has 0 spiro atoms. The standard InChI is InChI=1S/C39H32N2O/c42-39(37(31-20-9-3-10-21-31)32-22-11-4-12-23-32)35-26-15-25-34(35)38(41-28-33-24-13-14-27-40-33)36(29-16-5-1-6-17-29)30-18-7-2-8-19-30/h1-27,36-37,41H,28H2/b38-34-. The van der Waals surface area contributed by atoms with Gasteiger partial charge in [0, 0.05) is 29.0 Å². The average Bonchev–Trinajstić information content (AvgIpc) is 3.55. The molecule has 3 nitrogen and oxygen atoms in total. The molecule has 0 aliphatic heterocycles. The van der Waals surface area contributed by atoms with Gasteiger partial charge in [0.1, 0.15) is 0 Å². The molecule has 1 aliphatic rings. The van der Waals surface area contributed by atoms with Gasteiger partial charge in [-0.3, -0.25) is 9.78 Å². The SMILES string of the molecule is O=C(C1=CC=C/C1=C(/NCc1ccccn1)C(c1ccccc1)c1ccccc1)C(c1ccccc1)c1ccccc1. The van der Waals surface area contributed by atoms with Crippen molar-refractivity contribution in [1.29, 1.82) is 0 Å². The fraction of sp³-hybridized carbons (Fsp3) is 0.0769. The van der Waals surface area contributed by atoms with Gasteiger partial charge in [0.2, 0.25) is 0 Å². The molecule has 0 fully saturated rings. The Morgan fingerprint density at radius 2 is 1.07 bits per heavy atom. The molecular weight excluding hydrogens is 512 g/mol. The Bertz CT molecular complexity index is 1630. The van der Waals surface area contributed by atoms with Gasteiger partial charge in [0.25, 0.3) is 0 Å². The van der Waals surface area contributed by atoms with Crippen LogP contribution in [0.4, 0.5) is 0 Å². The lowest BCUT2D eigenvalue weighted by molar-refractivity contribution is -0.115. The minimum absolute atomic E-state index is 0.0735. The first-order valence-electron chi connectivity index (χ1n) is 14.3. The van der Waals surface area contributed by atoms with Crippen LogP contribution in [0.1, 0.15) is 39.8 Å². The van der Waals surface area contributed by atoms with E-state index in [2.05, 4.69) is 64.9 Å². The quantitative estimate of drug-likeness (QED) is 0.193. The van der Waals surface area contributed by atoms with Gasteiger partial charge < -0.3 is 5.32 Å². The normalized spacial score (nSPS) is 13.7. The summed E-state index contributed by atoms with van der Waals surface area (Å²) < 4.78 is 0. The van der Waals surface area contributed by atoms with E-state index < -0.39 is 5.92 Å². The number of allylic oxidation sites excluding steroid dienone is 6. The lowest BCUT2D eigenvalue weighted by atomic mass is 9.80. The first kappa shape index (κ1) is 26.9. The second kappa shape index (κ2) is 12.9. The summed E-state index contributed by atoms with van der Waals surface area (Å²) in [6.07, 6.45) is 7.83. The highest BCUT2D eigenvalue weighted by molar-refractivity contribution is 6.07. The van der Waals surface area contributed by atoms with Crippen LogP contribution in [0.3, 0.4) is 0 Å². The average molecular weight is 545 g/mol. The number of aromatic nitrogens is 1. The molecule has 204 valence electrons. The fourth-order valence-corrected chi connectivity index (χ4v) is 5.67. The smallest absolute Gasteiger partial charge is 0.175 e. The Balaban J connectivity index is 1.50. The Morgan fingerprint density at radius 1 is 0.595 bits per heavy atom. The number of nitrogens with one attached hydrogen (secondary N) is 1. The summed E-state index contributed by atoms with van der Waals surface area (Å²) in [7, 11) is 0. The molecule has 1 aromatic heterocycles. The molecule has 6 rings (SSSR count). The Kier molecular flexibility index (Phi) is 8.28. The van der Waals surface area contributed by atoms with E-state index in [0.717, 1.165) is 39.2 Å². The number of nitrogens with zero attached hydrogens (tertiary/aromatic N) is 1. The van der Waals surface area contributed by atoms with Gasteiger partial charge in [-0.1, -0.05) is 146 Å². The first-order valence-corrected chi connectivity index (χ1v) is 14.3. The number of Topliss-reactive ketones (excluding diaryl/α,β-unsaturated/α-hetero) is 1. The van der Waals surface area contributed by atoms with Crippen LogP contribution in [-0.4, -0.2) is 10.8 Å². The predicted octanol–water partition coefficient (Wildman–Crippen LogP) is 8.15. The number of ketones is 1. The van der Waals surface area contributed by atoms with Gasteiger partial charge in [0.05, 0.1) is 18.2 Å². The van der Waals surface area contributed by atoms with Gasteiger partial charge in [-0.2, -0.15) is 0 Å². The molecule has 3 heteroatoms. The molecule has 1 heterocycles. The summed E-state index contributed by atoms with van der Waals surface area (Å²) >= 11 is 0. The summed E-state index contributed by atoms with van der Waals surface area (Å²) in [5, 5.41) is 3.75. The van der Waals surface area contributed by atoms with Crippen molar-refractivity contribution in [1.82, 2.24) is 10.3 Å². The second-order valence-electron chi connectivity index (χ2n) is 10.3. The zero-order valence-electron chi connectivity index (χ0n) is 23.3. The van der Waals surface area contributed by atoms with Crippen molar-refractivity contribution in [3.63, 3.8) is 0 Å². The number of carbonyl (C=O) groups excluding carboxylic acids is 1. The lowest BCUT2D eigenvalue weighted by Gasteiger charge is -2.27. The Hall–Kier alpha value is -5.28. The minimum atomic E-state index is -0.419. The number of benzene rings is 4. The lowest BCUT2D eigenvalue weighted by Crippen LogP contribution is -2.25. The third-order valence-corrected chi connectivity index (χ3v) is 7.64. The highest BCUT2D eigenvalue weighted by Gasteiger charge is 2.31. The van der Waals surface area contributed by atoms with Crippen molar-refractivity contribution in [2.45, 2.75) is 18.4 Å². The molecule has 0 atom stereocenters. The van der Waals surface area contributed by atoms with Gasteiger partial charge in [-0.25, -0.2) is 0 Å². The maximum absolute atomic E-state index is 14.6. The number of pyridine rings is 1. The largest absolute Gasteiger partial charge is 0.381 e. The second-order valence-corrected chi connectivity index (χ2v) is 10.3. The molecule has 0 bridgehead atoms. The molecule has 5 aromatic rings. The van der Waals surface area contributed by atoms with Crippen molar-refractivity contribution < 1.29 is 4.79 Å². The third kappa shape index (κ3) is 5.91. The monoisotopic (exact) mass is 544 g/mol. The van der Waals surface area contributed by atoms with Crippen molar-refractivity contribution in [3.05, 3.63) is 209 Å². The molecule has 4 aromatic carbocycles. The third-order valence-electron chi connectivity index (χ3n) is 7.64. The first-order chi connectivity index (χ1) is 20.8. The van der Waals surface area contributed by atoms with Crippen molar-refractivity contribution in [2.24, 2.45) is 0 Å². The Morgan fingerprint density at radius 3 is 1.55 bits per heavy atom. The summed E-state index contributed by atoms with van der Waals surface area (Å²) in [6, 6.07) is 47.0. The van der Waals surface area contributed by atoms with E-state index in [1.807, 2.05) is 109 Å². The van der Waals surface area contributed by atoms with Gasteiger partial charge in [-0.15, -0.1) is 0 Å². The number of hydrogen-bond acceptors (Lipinski definition) is 3. The van der Waals surface area contributed by atoms with E-state index >= 15 is 0 Å². The van der Waals surface area contributed by atoms with Crippen LogP contribution in [0.15, 0.2) is 181 Å². The molecule has 0 radical (unpaired) electrons. The molecule has 0 saturated heterocycles. The molecule has 42 heavy (non-hydrogen) atoms. The van der Waals surface area contributed by atoms with E-state index in [1.54, 1.807) is 0 Å². The van der Waals surface area contributed by atoms with Gasteiger partial charge in [0.15, 0.2) is 5.78 Å². The van der Waals surface area contributed by atoms with E-state index in [-0.39, 0.29) is 11.7 Å². The van der Waals surface area contributed by atoms with Crippen LogP contribution in [0, 0.1) is 0 Å². The zero-order valence-corrected chi connectivity index (χ0v) is 23.3. The van der Waals surface area contributed by atoms with Gasteiger partial charge >= 0.3 is 0 Å². The maximum atomic E-state index is 14.6. The van der Waals surface area contributed by atoms with E-state index in [0.29, 0.717) is 12.1 Å². The van der Waals surface area contributed by atoms with E-state index in [9.17, 15) is 4.79 Å². The molecule has 1 N–H and O–H groups in total. The maximum Gasteiger partial charge on any atom is 0.175 e. The van der Waals surface area contributed by atoms with Crippen LogP contribution in [-0.2, 0) is 11.3 Å². The van der Waals surface area contributed by atoms with Crippen molar-refractivity contribution >= 4 is 5.78 Å².